The molecule has 2 N–H and O–H groups in total. The van der Waals surface area contributed by atoms with E-state index in [2.05, 4.69) is 10.6 Å². The van der Waals surface area contributed by atoms with Crippen molar-refractivity contribution in [3.8, 4) is 0 Å². The molecule has 0 bridgehead atoms. The third-order valence-electron chi connectivity index (χ3n) is 3.50. The molecular formula is C15H21N3O2. The van der Waals surface area contributed by atoms with Gasteiger partial charge < -0.3 is 5.32 Å². The lowest BCUT2D eigenvalue weighted by molar-refractivity contribution is -0.134. The van der Waals surface area contributed by atoms with E-state index in [-0.39, 0.29) is 17.9 Å². The molecule has 2 amide bonds. The average molecular weight is 275 g/mol. The van der Waals surface area contributed by atoms with Gasteiger partial charge in [0.1, 0.15) is 6.04 Å². The quantitative estimate of drug-likeness (QED) is 0.848. The van der Waals surface area contributed by atoms with Gasteiger partial charge in [-0.3, -0.25) is 19.8 Å². The molecule has 2 atom stereocenters. The fourth-order valence-electron chi connectivity index (χ4n) is 2.50. The maximum absolute atomic E-state index is 12.4. The number of carbonyl (C=O) groups is 2. The van der Waals surface area contributed by atoms with Crippen LogP contribution >= 0.6 is 0 Å². The SMILES string of the molecule is CN(C)[C@@H](C(=O)NC(=O)C1CCCN1)c1ccccc1. The van der Waals surface area contributed by atoms with E-state index in [1.54, 1.807) is 4.90 Å². The van der Waals surface area contributed by atoms with E-state index in [1.165, 1.54) is 0 Å². The minimum atomic E-state index is -0.457. The maximum atomic E-state index is 12.4. The summed E-state index contributed by atoms with van der Waals surface area (Å²) in [5.41, 5.74) is 0.877. The first-order valence-corrected chi connectivity index (χ1v) is 6.89. The van der Waals surface area contributed by atoms with E-state index < -0.39 is 6.04 Å². The van der Waals surface area contributed by atoms with Crippen molar-refractivity contribution in [2.75, 3.05) is 20.6 Å². The van der Waals surface area contributed by atoms with Crippen molar-refractivity contribution < 1.29 is 9.59 Å². The van der Waals surface area contributed by atoms with Crippen LogP contribution < -0.4 is 10.6 Å². The topological polar surface area (TPSA) is 61.4 Å². The zero-order valence-corrected chi connectivity index (χ0v) is 11.9. The van der Waals surface area contributed by atoms with Gasteiger partial charge in [-0.1, -0.05) is 30.3 Å². The van der Waals surface area contributed by atoms with E-state index in [0.717, 1.165) is 24.9 Å². The first kappa shape index (κ1) is 14.7. The number of hydrogen-bond donors (Lipinski definition) is 2. The molecular weight excluding hydrogens is 254 g/mol. The van der Waals surface area contributed by atoms with Crippen LogP contribution in [0.4, 0.5) is 0 Å². The van der Waals surface area contributed by atoms with E-state index in [1.807, 2.05) is 44.4 Å². The van der Waals surface area contributed by atoms with Crippen LogP contribution in [-0.2, 0) is 9.59 Å². The second-order valence-corrected chi connectivity index (χ2v) is 5.28. The molecule has 0 aliphatic carbocycles. The van der Waals surface area contributed by atoms with E-state index >= 15 is 0 Å². The molecule has 108 valence electrons. The van der Waals surface area contributed by atoms with Gasteiger partial charge in [-0.05, 0) is 39.0 Å². The van der Waals surface area contributed by atoms with Gasteiger partial charge in [-0.15, -0.1) is 0 Å². The van der Waals surface area contributed by atoms with Crippen molar-refractivity contribution in [1.29, 1.82) is 0 Å². The molecule has 0 radical (unpaired) electrons. The zero-order valence-electron chi connectivity index (χ0n) is 11.9. The highest BCUT2D eigenvalue weighted by atomic mass is 16.2. The summed E-state index contributed by atoms with van der Waals surface area (Å²) in [5.74, 6) is -0.504. The Hall–Kier alpha value is -1.72. The normalized spacial score (nSPS) is 19.9. The van der Waals surface area contributed by atoms with Crippen molar-refractivity contribution in [3.05, 3.63) is 35.9 Å². The summed E-state index contributed by atoms with van der Waals surface area (Å²) < 4.78 is 0. The van der Waals surface area contributed by atoms with Gasteiger partial charge in [0.15, 0.2) is 0 Å². The standard InChI is InChI=1S/C15H21N3O2/c1-18(2)13(11-7-4-3-5-8-11)15(20)17-14(19)12-9-6-10-16-12/h3-5,7-8,12-13,16H,6,9-10H2,1-2H3,(H,17,19,20)/t12?,13-/m1/s1. The molecule has 5 heteroatoms. The number of carbonyl (C=O) groups excluding carboxylic acids is 2. The lowest BCUT2D eigenvalue weighted by Crippen LogP contribution is -2.47. The van der Waals surface area contributed by atoms with Gasteiger partial charge >= 0.3 is 0 Å². The van der Waals surface area contributed by atoms with Crippen LogP contribution in [0.1, 0.15) is 24.4 Å². The molecule has 0 saturated carbocycles. The van der Waals surface area contributed by atoms with Crippen molar-refractivity contribution in [3.63, 3.8) is 0 Å². The number of benzene rings is 1. The van der Waals surface area contributed by atoms with Gasteiger partial charge in [-0.25, -0.2) is 0 Å². The minimum absolute atomic E-state index is 0.227. The van der Waals surface area contributed by atoms with E-state index in [9.17, 15) is 9.59 Å². The molecule has 1 heterocycles. The molecule has 1 saturated heterocycles. The van der Waals surface area contributed by atoms with Crippen LogP contribution in [0.15, 0.2) is 30.3 Å². The Morgan fingerprint density at radius 1 is 1.30 bits per heavy atom. The summed E-state index contributed by atoms with van der Waals surface area (Å²) in [6.45, 7) is 0.835. The first-order valence-electron chi connectivity index (χ1n) is 6.89. The molecule has 1 aromatic rings. The fourth-order valence-corrected chi connectivity index (χ4v) is 2.50. The Balaban J connectivity index is 2.06. The zero-order chi connectivity index (χ0) is 14.5. The lowest BCUT2D eigenvalue weighted by Gasteiger charge is -2.24. The molecule has 0 spiro atoms. The molecule has 20 heavy (non-hydrogen) atoms. The van der Waals surface area contributed by atoms with E-state index in [0.29, 0.717) is 0 Å². The predicted octanol–water partition coefficient (Wildman–Crippen LogP) is 0.684. The second-order valence-electron chi connectivity index (χ2n) is 5.28. The van der Waals surface area contributed by atoms with Crippen LogP contribution in [0, 0.1) is 0 Å². The number of hydrogen-bond acceptors (Lipinski definition) is 4. The Labute approximate surface area is 119 Å². The minimum Gasteiger partial charge on any atom is -0.306 e. The number of nitrogens with zero attached hydrogens (tertiary/aromatic N) is 1. The highest BCUT2D eigenvalue weighted by Gasteiger charge is 2.28. The molecule has 1 unspecified atom stereocenters. The van der Waals surface area contributed by atoms with E-state index in [4.69, 9.17) is 0 Å². The Morgan fingerprint density at radius 3 is 2.55 bits per heavy atom. The Kier molecular flexibility index (Phi) is 4.87. The molecule has 5 nitrogen and oxygen atoms in total. The molecule has 1 aliphatic heterocycles. The molecule has 1 fully saturated rings. The Morgan fingerprint density at radius 2 is 2.00 bits per heavy atom. The van der Waals surface area contributed by atoms with Crippen LogP contribution in [-0.4, -0.2) is 43.4 Å². The lowest BCUT2D eigenvalue weighted by atomic mass is 10.1. The van der Waals surface area contributed by atoms with Crippen LogP contribution in [0.5, 0.6) is 0 Å². The van der Waals surface area contributed by atoms with Gasteiger partial charge in [-0.2, -0.15) is 0 Å². The number of rotatable bonds is 4. The van der Waals surface area contributed by atoms with Crippen molar-refractivity contribution in [1.82, 2.24) is 15.5 Å². The van der Waals surface area contributed by atoms with Gasteiger partial charge in [0.2, 0.25) is 11.8 Å². The molecule has 1 aliphatic rings. The number of likely N-dealkylation sites (N-methyl/N-ethyl adjacent to an activating group) is 1. The second kappa shape index (κ2) is 6.63. The Bertz CT molecular complexity index is 467. The third kappa shape index (κ3) is 3.43. The molecule has 1 aromatic carbocycles. The summed E-state index contributed by atoms with van der Waals surface area (Å²) in [6.07, 6.45) is 1.76. The summed E-state index contributed by atoms with van der Waals surface area (Å²) in [4.78, 5) is 26.2. The predicted molar refractivity (Wildman–Crippen MR) is 77.0 cm³/mol. The smallest absolute Gasteiger partial charge is 0.248 e. The fraction of sp³-hybridized carbons (Fsp3) is 0.467. The van der Waals surface area contributed by atoms with Crippen LogP contribution in [0.3, 0.4) is 0 Å². The largest absolute Gasteiger partial charge is 0.306 e. The van der Waals surface area contributed by atoms with Crippen LogP contribution in [0.2, 0.25) is 0 Å². The average Bonchev–Trinajstić information content (AvgIpc) is 2.93. The molecule has 2 rings (SSSR count). The number of imide groups is 1. The molecule has 0 aromatic heterocycles. The summed E-state index contributed by atoms with van der Waals surface area (Å²) >= 11 is 0. The highest BCUT2D eigenvalue weighted by molar-refractivity contribution is 6.00. The van der Waals surface area contributed by atoms with Crippen LogP contribution in [0.25, 0.3) is 0 Å². The number of amides is 2. The highest BCUT2D eigenvalue weighted by Crippen LogP contribution is 2.18. The van der Waals surface area contributed by atoms with Gasteiger partial charge in [0.05, 0.1) is 6.04 Å². The van der Waals surface area contributed by atoms with Crippen molar-refractivity contribution in [2.45, 2.75) is 24.9 Å². The summed E-state index contributed by atoms with van der Waals surface area (Å²) in [5, 5.41) is 5.61. The first-order chi connectivity index (χ1) is 9.59. The monoisotopic (exact) mass is 275 g/mol. The third-order valence-corrected chi connectivity index (χ3v) is 3.50. The van der Waals surface area contributed by atoms with Crippen molar-refractivity contribution >= 4 is 11.8 Å². The van der Waals surface area contributed by atoms with Crippen molar-refractivity contribution in [2.24, 2.45) is 0 Å². The van der Waals surface area contributed by atoms with Gasteiger partial charge in [0.25, 0.3) is 0 Å². The van der Waals surface area contributed by atoms with Gasteiger partial charge in [0, 0.05) is 0 Å². The summed E-state index contributed by atoms with van der Waals surface area (Å²) in [7, 11) is 3.66. The maximum Gasteiger partial charge on any atom is 0.248 e. The number of nitrogens with one attached hydrogen (secondary N) is 2. The summed E-state index contributed by atoms with van der Waals surface area (Å²) in [6, 6.07) is 8.77.